The number of hydrogen-bond donors (Lipinski definition) is 0. The summed E-state index contributed by atoms with van der Waals surface area (Å²) in [6.07, 6.45) is -0.456. The van der Waals surface area contributed by atoms with Gasteiger partial charge < -0.3 is 4.90 Å². The molecular formula is C34H27Br2N3O6S. The van der Waals surface area contributed by atoms with Crippen LogP contribution in [0, 0.1) is 17.0 Å². The van der Waals surface area contributed by atoms with E-state index in [1.807, 2.05) is 37.3 Å². The molecule has 1 atom stereocenters. The predicted molar refractivity (Wildman–Crippen MR) is 184 cm³/mol. The van der Waals surface area contributed by atoms with E-state index in [2.05, 4.69) is 31.9 Å². The summed E-state index contributed by atoms with van der Waals surface area (Å²) >= 11 is 6.97. The second-order valence-electron chi connectivity index (χ2n) is 10.6. The number of non-ortho nitro benzene ring substituents is 1. The van der Waals surface area contributed by atoms with Gasteiger partial charge in [0.05, 0.1) is 22.3 Å². The maximum Gasteiger partial charge on any atom is 0.269 e. The molecule has 2 amide bonds. The van der Waals surface area contributed by atoms with Crippen LogP contribution in [0.2, 0.25) is 0 Å². The molecule has 5 aromatic rings. The molecule has 46 heavy (non-hydrogen) atoms. The molecule has 0 aliphatic rings. The summed E-state index contributed by atoms with van der Waals surface area (Å²) in [5, 5.41) is 13.2. The molecule has 0 aliphatic carbocycles. The third-order valence-corrected chi connectivity index (χ3v) is 10.2. The first kappa shape index (κ1) is 33.0. The lowest BCUT2D eigenvalue weighted by molar-refractivity contribution is -0.384. The third kappa shape index (κ3) is 7.04. The van der Waals surface area contributed by atoms with E-state index in [1.54, 1.807) is 42.5 Å². The third-order valence-electron chi connectivity index (χ3n) is 7.54. The molecule has 0 N–H and O–H groups in total. The Morgan fingerprint density at radius 2 is 1.43 bits per heavy atom. The van der Waals surface area contributed by atoms with E-state index in [1.165, 1.54) is 48.3 Å². The van der Waals surface area contributed by atoms with Crippen LogP contribution in [0.1, 0.15) is 33.9 Å². The fourth-order valence-corrected chi connectivity index (χ4v) is 7.46. The number of hydrogen-bond acceptors (Lipinski definition) is 6. The number of nitrogens with zero attached hydrogens (tertiary/aromatic N) is 3. The highest BCUT2D eigenvalue weighted by Crippen LogP contribution is 2.37. The van der Waals surface area contributed by atoms with Gasteiger partial charge in [0.2, 0.25) is 5.91 Å². The van der Waals surface area contributed by atoms with Gasteiger partial charge in [0.15, 0.2) is 0 Å². The van der Waals surface area contributed by atoms with Crippen molar-refractivity contribution in [1.29, 1.82) is 0 Å². The number of anilines is 1. The van der Waals surface area contributed by atoms with Crippen molar-refractivity contribution in [2.24, 2.45) is 0 Å². The first-order valence-corrected chi connectivity index (χ1v) is 17.0. The lowest BCUT2D eigenvalue weighted by Crippen LogP contribution is -2.40. The molecule has 0 saturated heterocycles. The summed E-state index contributed by atoms with van der Waals surface area (Å²) < 4.78 is 28.9. The zero-order chi connectivity index (χ0) is 33.2. The molecule has 0 aromatic heterocycles. The summed E-state index contributed by atoms with van der Waals surface area (Å²) in [5.74, 6) is -1.25. The van der Waals surface area contributed by atoms with Gasteiger partial charge in [0, 0.05) is 39.4 Å². The molecule has 0 heterocycles. The summed E-state index contributed by atoms with van der Waals surface area (Å²) in [7, 11) is -3.05. The molecule has 9 nitrogen and oxygen atoms in total. The maximum atomic E-state index is 14.5. The van der Waals surface area contributed by atoms with Crippen molar-refractivity contribution in [3.05, 3.63) is 145 Å². The van der Waals surface area contributed by atoms with Crippen LogP contribution < -0.4 is 4.90 Å². The molecule has 0 bridgehead atoms. The van der Waals surface area contributed by atoms with E-state index in [9.17, 15) is 28.1 Å². The summed E-state index contributed by atoms with van der Waals surface area (Å²) in [5.41, 5.74) is 1.81. The molecule has 0 radical (unpaired) electrons. The van der Waals surface area contributed by atoms with E-state index in [-0.39, 0.29) is 10.6 Å². The quantitative estimate of drug-likeness (QED) is 0.110. The SMILES string of the molecule is Cc1ccc(S(=O)(=O)N(C)C(=O)C[C@H](c2ccc([N+](=O)[O-])cc2)N(C(=O)c2ccc3ccccc3c2)c2cc(Br)cc(Br)c2)cc1. The molecule has 234 valence electrons. The van der Waals surface area contributed by atoms with Crippen LogP contribution in [0.15, 0.2) is 123 Å². The number of aryl methyl sites for hydroxylation is 1. The number of benzene rings is 5. The zero-order valence-electron chi connectivity index (χ0n) is 24.6. The second-order valence-corrected chi connectivity index (χ2v) is 14.4. The average molecular weight is 765 g/mol. The Hall–Kier alpha value is -4.39. The molecule has 12 heteroatoms. The lowest BCUT2D eigenvalue weighted by atomic mass is 9.98. The van der Waals surface area contributed by atoms with Crippen molar-refractivity contribution in [2.45, 2.75) is 24.3 Å². The highest BCUT2D eigenvalue weighted by molar-refractivity contribution is 9.11. The summed E-state index contributed by atoms with van der Waals surface area (Å²) in [6, 6.07) is 28.6. The Morgan fingerprint density at radius 1 is 0.826 bits per heavy atom. The normalized spacial score (nSPS) is 12.0. The number of rotatable bonds is 9. The monoisotopic (exact) mass is 763 g/mol. The topological polar surface area (TPSA) is 118 Å². The van der Waals surface area contributed by atoms with Gasteiger partial charge in [-0.15, -0.1) is 0 Å². The first-order valence-electron chi connectivity index (χ1n) is 14.0. The van der Waals surface area contributed by atoms with Crippen LogP contribution in [-0.2, 0) is 14.8 Å². The van der Waals surface area contributed by atoms with Crippen molar-refractivity contribution in [2.75, 3.05) is 11.9 Å². The van der Waals surface area contributed by atoms with Crippen LogP contribution in [0.5, 0.6) is 0 Å². The second kappa shape index (κ2) is 13.5. The maximum absolute atomic E-state index is 14.5. The van der Waals surface area contributed by atoms with Crippen molar-refractivity contribution in [3.8, 4) is 0 Å². The van der Waals surface area contributed by atoms with E-state index in [4.69, 9.17) is 0 Å². The highest BCUT2D eigenvalue weighted by atomic mass is 79.9. The minimum Gasteiger partial charge on any atom is -0.300 e. The van der Waals surface area contributed by atoms with E-state index in [0.29, 0.717) is 30.1 Å². The molecule has 0 unspecified atom stereocenters. The lowest BCUT2D eigenvalue weighted by Gasteiger charge is -2.33. The first-order chi connectivity index (χ1) is 21.8. The Kier molecular flexibility index (Phi) is 9.71. The average Bonchev–Trinajstić information content (AvgIpc) is 3.03. The number of halogens is 2. The molecular weight excluding hydrogens is 738 g/mol. The van der Waals surface area contributed by atoms with Gasteiger partial charge >= 0.3 is 0 Å². The van der Waals surface area contributed by atoms with E-state index < -0.39 is 39.2 Å². The van der Waals surface area contributed by atoms with Crippen LogP contribution in [0.4, 0.5) is 11.4 Å². The fourth-order valence-electron chi connectivity index (χ4n) is 5.05. The predicted octanol–water partition coefficient (Wildman–Crippen LogP) is 8.21. The minimum atomic E-state index is -4.23. The van der Waals surface area contributed by atoms with Crippen molar-refractivity contribution >= 4 is 75.8 Å². The highest BCUT2D eigenvalue weighted by Gasteiger charge is 2.34. The van der Waals surface area contributed by atoms with Gasteiger partial charge in [0.25, 0.3) is 21.6 Å². The number of carbonyl (C=O) groups excluding carboxylic acids is 2. The van der Waals surface area contributed by atoms with Gasteiger partial charge in [-0.2, -0.15) is 0 Å². The van der Waals surface area contributed by atoms with Gasteiger partial charge in [-0.3, -0.25) is 19.7 Å². The van der Waals surface area contributed by atoms with Gasteiger partial charge in [-0.05, 0) is 65.7 Å². The smallest absolute Gasteiger partial charge is 0.269 e. The van der Waals surface area contributed by atoms with Crippen molar-refractivity contribution in [1.82, 2.24) is 4.31 Å². The molecule has 5 rings (SSSR count). The van der Waals surface area contributed by atoms with Crippen LogP contribution in [0.3, 0.4) is 0 Å². The minimum absolute atomic E-state index is 0.0548. The molecule has 0 spiro atoms. The number of nitro groups is 1. The van der Waals surface area contributed by atoms with Gasteiger partial charge in [0.1, 0.15) is 0 Å². The van der Waals surface area contributed by atoms with E-state index >= 15 is 0 Å². The number of fused-ring (bicyclic) bond motifs is 1. The molecule has 0 fully saturated rings. The van der Waals surface area contributed by atoms with Crippen LogP contribution in [0.25, 0.3) is 10.8 Å². The summed E-state index contributed by atoms with van der Waals surface area (Å²) in [4.78, 5) is 40.7. The largest absolute Gasteiger partial charge is 0.300 e. The number of carbonyl (C=O) groups is 2. The van der Waals surface area contributed by atoms with Gasteiger partial charge in [-0.25, -0.2) is 12.7 Å². The Labute approximate surface area is 282 Å². The van der Waals surface area contributed by atoms with Crippen molar-refractivity contribution in [3.63, 3.8) is 0 Å². The van der Waals surface area contributed by atoms with Gasteiger partial charge in [-0.1, -0.05) is 92.0 Å². The molecule has 0 saturated carbocycles. The zero-order valence-corrected chi connectivity index (χ0v) is 28.6. The molecule has 0 aliphatic heterocycles. The number of amides is 2. The Morgan fingerprint density at radius 3 is 2.04 bits per heavy atom. The van der Waals surface area contributed by atoms with Crippen molar-refractivity contribution < 1.29 is 22.9 Å². The van der Waals surface area contributed by atoms with Crippen LogP contribution in [-0.4, -0.2) is 36.5 Å². The van der Waals surface area contributed by atoms with Crippen LogP contribution >= 0.6 is 31.9 Å². The number of nitro benzene ring substituents is 1. The Balaban J connectivity index is 1.65. The number of sulfonamides is 1. The summed E-state index contributed by atoms with van der Waals surface area (Å²) in [6.45, 7) is 1.82. The molecule has 5 aromatic carbocycles. The fraction of sp³-hybridized carbons (Fsp3) is 0.118. The van der Waals surface area contributed by atoms with E-state index in [0.717, 1.165) is 16.3 Å². The Bertz CT molecular complexity index is 2050. The standard InChI is InChI=1S/C34H27Br2N3O6S/c1-22-7-15-31(16-8-22)46(44,45)37(2)33(40)21-32(24-11-13-29(14-12-24)39(42)43)38(30-19-27(35)18-28(36)20-30)34(41)26-10-9-23-5-3-4-6-25(23)17-26/h3-20,32H,21H2,1-2H3/t32-/m1/s1.